The Bertz CT molecular complexity index is 966. The summed E-state index contributed by atoms with van der Waals surface area (Å²) in [5.74, 6) is 1.81. The fraction of sp³-hybridized carbons (Fsp3) is 0. The Hall–Kier alpha value is -3.06. The van der Waals surface area contributed by atoms with Crippen molar-refractivity contribution in [2.45, 2.75) is 0 Å². The summed E-state index contributed by atoms with van der Waals surface area (Å²) >= 11 is 0. The molecular formula is C22H14O. The lowest BCUT2D eigenvalue weighted by Crippen LogP contribution is -1.96. The van der Waals surface area contributed by atoms with Gasteiger partial charge in [-0.2, -0.15) is 0 Å². The molecular weight excluding hydrogens is 280 g/mol. The molecule has 4 aromatic rings. The van der Waals surface area contributed by atoms with Crippen LogP contribution in [0.2, 0.25) is 0 Å². The van der Waals surface area contributed by atoms with E-state index >= 15 is 0 Å². The predicted octanol–water partition coefficient (Wildman–Crippen LogP) is 6.28. The van der Waals surface area contributed by atoms with Gasteiger partial charge in [-0.15, -0.1) is 0 Å². The molecule has 0 aliphatic carbocycles. The van der Waals surface area contributed by atoms with Crippen molar-refractivity contribution in [2.24, 2.45) is 0 Å². The maximum atomic E-state index is 6.27. The van der Waals surface area contributed by atoms with Crippen LogP contribution in [-0.2, 0) is 0 Å². The van der Waals surface area contributed by atoms with Crippen LogP contribution < -0.4 is 4.74 Å². The van der Waals surface area contributed by atoms with Gasteiger partial charge in [0.05, 0.1) is 0 Å². The summed E-state index contributed by atoms with van der Waals surface area (Å²) in [5, 5.41) is 2.55. The van der Waals surface area contributed by atoms with Crippen LogP contribution in [0.1, 0.15) is 0 Å². The fourth-order valence-corrected chi connectivity index (χ4v) is 3.46. The summed E-state index contributed by atoms with van der Waals surface area (Å²) < 4.78 is 6.27. The van der Waals surface area contributed by atoms with E-state index in [1.807, 2.05) is 24.3 Å². The van der Waals surface area contributed by atoms with Gasteiger partial charge < -0.3 is 4.74 Å². The van der Waals surface area contributed by atoms with E-state index < -0.39 is 0 Å². The van der Waals surface area contributed by atoms with E-state index in [2.05, 4.69) is 60.7 Å². The zero-order chi connectivity index (χ0) is 15.2. The summed E-state index contributed by atoms with van der Waals surface area (Å²) in [4.78, 5) is 0. The third-order valence-electron chi connectivity index (χ3n) is 4.48. The average Bonchev–Trinajstić information content (AvgIpc) is 2.61. The Balaban J connectivity index is 2.03. The Morgan fingerprint density at radius 1 is 0.435 bits per heavy atom. The van der Waals surface area contributed by atoms with Gasteiger partial charge >= 0.3 is 0 Å². The highest BCUT2D eigenvalue weighted by Crippen LogP contribution is 2.46. The van der Waals surface area contributed by atoms with Gasteiger partial charge in [0, 0.05) is 11.1 Å². The van der Waals surface area contributed by atoms with Crippen molar-refractivity contribution in [3.63, 3.8) is 0 Å². The number of hydrogen-bond acceptors (Lipinski definition) is 1. The van der Waals surface area contributed by atoms with Crippen LogP contribution in [0.3, 0.4) is 0 Å². The second kappa shape index (κ2) is 4.72. The molecule has 0 N–H and O–H groups in total. The molecule has 108 valence electrons. The van der Waals surface area contributed by atoms with Crippen molar-refractivity contribution in [2.75, 3.05) is 0 Å². The first kappa shape index (κ1) is 12.5. The first-order valence-electron chi connectivity index (χ1n) is 7.80. The van der Waals surface area contributed by atoms with Crippen molar-refractivity contribution >= 4 is 10.8 Å². The van der Waals surface area contributed by atoms with E-state index in [4.69, 9.17) is 4.74 Å². The van der Waals surface area contributed by atoms with Crippen LogP contribution >= 0.6 is 0 Å². The molecule has 0 fully saturated rings. The quantitative estimate of drug-likeness (QED) is 0.326. The highest BCUT2D eigenvalue weighted by molar-refractivity contribution is 6.08. The molecule has 5 rings (SSSR count). The number of rotatable bonds is 0. The van der Waals surface area contributed by atoms with Crippen molar-refractivity contribution in [1.82, 2.24) is 0 Å². The molecule has 0 radical (unpaired) electrons. The van der Waals surface area contributed by atoms with Crippen molar-refractivity contribution in [1.29, 1.82) is 0 Å². The average molecular weight is 294 g/mol. The monoisotopic (exact) mass is 294 g/mol. The van der Waals surface area contributed by atoms with Gasteiger partial charge in [0.15, 0.2) is 0 Å². The first-order valence-corrected chi connectivity index (χ1v) is 7.80. The molecule has 1 aliphatic rings. The molecule has 1 heteroatoms. The molecule has 0 amide bonds. The minimum atomic E-state index is 0.905. The van der Waals surface area contributed by atoms with E-state index in [-0.39, 0.29) is 0 Å². The van der Waals surface area contributed by atoms with Gasteiger partial charge in [-0.25, -0.2) is 0 Å². The smallest absolute Gasteiger partial charge is 0.135 e. The minimum absolute atomic E-state index is 0.905. The molecule has 4 aromatic carbocycles. The molecule has 0 aromatic heterocycles. The normalized spacial score (nSPS) is 11.8. The van der Waals surface area contributed by atoms with Gasteiger partial charge in [-0.3, -0.25) is 0 Å². The van der Waals surface area contributed by atoms with E-state index in [9.17, 15) is 0 Å². The van der Waals surface area contributed by atoms with Crippen LogP contribution in [0.25, 0.3) is 33.0 Å². The van der Waals surface area contributed by atoms with E-state index in [0.29, 0.717) is 0 Å². The van der Waals surface area contributed by atoms with Gasteiger partial charge in [0.2, 0.25) is 0 Å². The van der Waals surface area contributed by atoms with Gasteiger partial charge in [0.1, 0.15) is 11.5 Å². The van der Waals surface area contributed by atoms with Crippen LogP contribution in [-0.4, -0.2) is 0 Å². The number of benzene rings is 4. The largest absolute Gasteiger partial charge is 0.456 e. The molecule has 0 bridgehead atoms. The number of fused-ring (bicyclic) bond motifs is 4. The number of para-hydroxylation sites is 2. The zero-order valence-corrected chi connectivity index (χ0v) is 12.5. The maximum absolute atomic E-state index is 6.27. The van der Waals surface area contributed by atoms with Crippen molar-refractivity contribution < 1.29 is 4.74 Å². The molecule has 1 heterocycles. The zero-order valence-electron chi connectivity index (χ0n) is 12.5. The number of hydrogen-bond donors (Lipinski definition) is 0. The predicted molar refractivity (Wildman–Crippen MR) is 94.9 cm³/mol. The first-order chi connectivity index (χ1) is 11.4. The highest BCUT2D eigenvalue weighted by Gasteiger charge is 2.19. The summed E-state index contributed by atoms with van der Waals surface area (Å²) in [6, 6.07) is 29.5. The molecule has 0 saturated carbocycles. The maximum Gasteiger partial charge on any atom is 0.135 e. The minimum Gasteiger partial charge on any atom is -0.456 e. The molecule has 1 aliphatic heterocycles. The van der Waals surface area contributed by atoms with Crippen LogP contribution in [0.5, 0.6) is 11.5 Å². The van der Waals surface area contributed by atoms with E-state index in [0.717, 1.165) is 22.6 Å². The van der Waals surface area contributed by atoms with Crippen molar-refractivity contribution in [3.8, 4) is 33.8 Å². The molecule has 0 saturated heterocycles. The molecule has 0 spiro atoms. The third-order valence-corrected chi connectivity index (χ3v) is 4.48. The Labute approximate surface area is 134 Å². The SMILES string of the molecule is c1ccc2c(c1)Oc1ccccc1-c1cccc3cccc-2c13. The van der Waals surface area contributed by atoms with Crippen LogP contribution in [0, 0.1) is 0 Å². The lowest BCUT2D eigenvalue weighted by atomic mass is 9.90. The Kier molecular flexibility index (Phi) is 2.56. The van der Waals surface area contributed by atoms with Gasteiger partial charge in [-0.05, 0) is 34.0 Å². The lowest BCUT2D eigenvalue weighted by molar-refractivity contribution is 0.486. The summed E-state index contributed by atoms with van der Waals surface area (Å²) in [7, 11) is 0. The molecule has 0 unspecified atom stereocenters. The Morgan fingerprint density at radius 3 is 1.48 bits per heavy atom. The van der Waals surface area contributed by atoms with E-state index in [1.165, 1.54) is 21.9 Å². The van der Waals surface area contributed by atoms with Gasteiger partial charge in [-0.1, -0.05) is 72.8 Å². The summed E-state index contributed by atoms with van der Waals surface area (Å²) in [6.45, 7) is 0. The van der Waals surface area contributed by atoms with Crippen LogP contribution in [0.15, 0.2) is 84.9 Å². The molecule has 23 heavy (non-hydrogen) atoms. The second-order valence-electron chi connectivity index (χ2n) is 5.80. The highest BCUT2D eigenvalue weighted by atomic mass is 16.5. The second-order valence-corrected chi connectivity index (χ2v) is 5.80. The summed E-state index contributed by atoms with van der Waals surface area (Å²) in [5.41, 5.74) is 4.73. The Morgan fingerprint density at radius 2 is 0.913 bits per heavy atom. The van der Waals surface area contributed by atoms with E-state index in [1.54, 1.807) is 0 Å². The fourth-order valence-electron chi connectivity index (χ4n) is 3.46. The lowest BCUT2D eigenvalue weighted by Gasteiger charge is -2.21. The van der Waals surface area contributed by atoms with Crippen LogP contribution in [0.4, 0.5) is 0 Å². The van der Waals surface area contributed by atoms with Crippen molar-refractivity contribution in [3.05, 3.63) is 84.9 Å². The van der Waals surface area contributed by atoms with Gasteiger partial charge in [0.25, 0.3) is 0 Å². The standard InChI is InChI=1S/C22H14O/c1-3-13-20-16(9-1)18-11-5-7-15-8-6-12-19(22(15)18)17-10-2-4-14-21(17)23-20/h1-14H. The molecule has 1 nitrogen and oxygen atoms in total. The summed E-state index contributed by atoms with van der Waals surface area (Å²) in [6.07, 6.45) is 0. The number of ether oxygens (including phenoxy) is 1. The third kappa shape index (κ3) is 1.80. The molecule has 0 atom stereocenters. The topological polar surface area (TPSA) is 9.23 Å².